The minimum absolute atomic E-state index is 0.0745. The van der Waals surface area contributed by atoms with E-state index in [9.17, 15) is 4.79 Å². The maximum Gasteiger partial charge on any atom is 0.407 e. The molecule has 0 aromatic heterocycles. The van der Waals surface area contributed by atoms with Crippen LogP contribution in [0.5, 0.6) is 0 Å². The van der Waals surface area contributed by atoms with Gasteiger partial charge in [0, 0.05) is 18.1 Å². The number of hydrogen-bond donors (Lipinski definition) is 2. The Hall–Kier alpha value is -0.770. The van der Waals surface area contributed by atoms with Crippen molar-refractivity contribution in [1.29, 1.82) is 0 Å². The lowest BCUT2D eigenvalue weighted by molar-refractivity contribution is 0.0496. The smallest absolute Gasteiger partial charge is 0.407 e. The fourth-order valence-electron chi connectivity index (χ4n) is 1.71. The van der Waals surface area contributed by atoms with Gasteiger partial charge in [0.2, 0.25) is 0 Å². The van der Waals surface area contributed by atoms with Crippen LogP contribution in [0.1, 0.15) is 53.9 Å². The second-order valence-corrected chi connectivity index (χ2v) is 6.02. The molecule has 0 saturated heterocycles. The van der Waals surface area contributed by atoms with Gasteiger partial charge in [-0.2, -0.15) is 0 Å². The first-order valence-electron chi connectivity index (χ1n) is 6.53. The lowest BCUT2D eigenvalue weighted by Crippen LogP contribution is -2.52. The number of ether oxygens (including phenoxy) is 1. The molecule has 1 aliphatic carbocycles. The summed E-state index contributed by atoms with van der Waals surface area (Å²) in [6.07, 6.45) is 3.48. The van der Waals surface area contributed by atoms with Gasteiger partial charge in [-0.25, -0.2) is 4.79 Å². The van der Waals surface area contributed by atoms with Crippen LogP contribution in [-0.2, 0) is 4.74 Å². The summed E-state index contributed by atoms with van der Waals surface area (Å²) in [6, 6.07) is 0.978. The summed E-state index contributed by atoms with van der Waals surface area (Å²) in [4.78, 5) is 11.6. The monoisotopic (exact) mass is 242 g/mol. The zero-order valence-electron chi connectivity index (χ0n) is 11.7. The summed E-state index contributed by atoms with van der Waals surface area (Å²) in [5.74, 6) is 0. The molecule has 1 rings (SSSR count). The number of carbonyl (C=O) groups is 1. The van der Waals surface area contributed by atoms with E-state index in [0.29, 0.717) is 6.04 Å². The average molecular weight is 242 g/mol. The van der Waals surface area contributed by atoms with Gasteiger partial charge in [0.05, 0.1) is 0 Å². The number of rotatable bonds is 4. The minimum Gasteiger partial charge on any atom is -0.444 e. The van der Waals surface area contributed by atoms with Crippen LogP contribution >= 0.6 is 0 Å². The molecule has 1 fully saturated rings. The zero-order chi connectivity index (χ0) is 13.1. The predicted molar refractivity (Wildman–Crippen MR) is 69.1 cm³/mol. The molecular formula is C13H26N2O2. The highest BCUT2D eigenvalue weighted by molar-refractivity contribution is 5.68. The van der Waals surface area contributed by atoms with Gasteiger partial charge in [0.1, 0.15) is 5.60 Å². The molecule has 2 unspecified atom stereocenters. The molecule has 1 aliphatic rings. The first kappa shape index (κ1) is 14.3. The van der Waals surface area contributed by atoms with E-state index < -0.39 is 5.60 Å². The third-order valence-electron chi connectivity index (χ3n) is 3.10. The first-order valence-corrected chi connectivity index (χ1v) is 6.53. The van der Waals surface area contributed by atoms with Crippen molar-refractivity contribution in [3.05, 3.63) is 0 Å². The van der Waals surface area contributed by atoms with Gasteiger partial charge in [-0.1, -0.05) is 6.42 Å². The first-order chi connectivity index (χ1) is 7.78. The van der Waals surface area contributed by atoms with Crippen molar-refractivity contribution in [2.24, 2.45) is 0 Å². The van der Waals surface area contributed by atoms with E-state index in [-0.39, 0.29) is 18.2 Å². The maximum absolute atomic E-state index is 11.6. The van der Waals surface area contributed by atoms with Gasteiger partial charge in [-0.3, -0.25) is 0 Å². The molecule has 1 saturated carbocycles. The Morgan fingerprint density at radius 3 is 2.24 bits per heavy atom. The van der Waals surface area contributed by atoms with E-state index in [1.807, 2.05) is 27.7 Å². The Kier molecular flexibility index (Phi) is 4.80. The molecule has 0 heterocycles. The lowest BCUT2D eigenvalue weighted by atomic mass is 9.92. The summed E-state index contributed by atoms with van der Waals surface area (Å²) >= 11 is 0. The standard InChI is InChI=1S/C13H26N2O2/c1-9(14-11-7-6-8-11)10(2)15-12(16)17-13(3,4)5/h9-11,14H,6-8H2,1-5H3,(H,15,16). The number of alkyl carbamates (subject to hydrolysis) is 1. The van der Waals surface area contributed by atoms with E-state index >= 15 is 0 Å². The number of amides is 1. The largest absolute Gasteiger partial charge is 0.444 e. The highest BCUT2D eigenvalue weighted by Gasteiger charge is 2.24. The Labute approximate surface area is 104 Å². The SMILES string of the molecule is CC(NC(=O)OC(C)(C)C)C(C)NC1CCC1. The van der Waals surface area contributed by atoms with Crippen LogP contribution in [0, 0.1) is 0 Å². The molecule has 2 atom stereocenters. The van der Waals surface area contributed by atoms with Crippen molar-refractivity contribution in [3.8, 4) is 0 Å². The van der Waals surface area contributed by atoms with Crippen molar-refractivity contribution < 1.29 is 9.53 Å². The van der Waals surface area contributed by atoms with E-state index in [0.717, 1.165) is 0 Å². The van der Waals surface area contributed by atoms with Crippen molar-refractivity contribution >= 4 is 6.09 Å². The van der Waals surface area contributed by atoms with E-state index in [2.05, 4.69) is 17.6 Å². The molecule has 0 aromatic carbocycles. The minimum atomic E-state index is -0.436. The third-order valence-corrected chi connectivity index (χ3v) is 3.10. The second kappa shape index (κ2) is 5.71. The summed E-state index contributed by atoms with van der Waals surface area (Å²) in [7, 11) is 0. The number of carbonyl (C=O) groups excluding carboxylic acids is 1. The fraction of sp³-hybridized carbons (Fsp3) is 0.923. The highest BCUT2D eigenvalue weighted by atomic mass is 16.6. The van der Waals surface area contributed by atoms with Crippen molar-refractivity contribution in [2.45, 2.75) is 77.6 Å². The van der Waals surface area contributed by atoms with Gasteiger partial charge >= 0.3 is 6.09 Å². The molecule has 4 heteroatoms. The Morgan fingerprint density at radius 2 is 1.82 bits per heavy atom. The molecule has 0 spiro atoms. The molecule has 0 aromatic rings. The summed E-state index contributed by atoms with van der Waals surface area (Å²) in [6.45, 7) is 9.70. The van der Waals surface area contributed by atoms with Crippen LogP contribution in [-0.4, -0.2) is 29.8 Å². The molecule has 0 radical (unpaired) electrons. The second-order valence-electron chi connectivity index (χ2n) is 6.02. The van der Waals surface area contributed by atoms with E-state index in [1.54, 1.807) is 0 Å². The topological polar surface area (TPSA) is 50.4 Å². The quantitative estimate of drug-likeness (QED) is 0.796. The molecule has 0 bridgehead atoms. The van der Waals surface area contributed by atoms with Crippen LogP contribution in [0.3, 0.4) is 0 Å². The maximum atomic E-state index is 11.6. The fourth-order valence-corrected chi connectivity index (χ4v) is 1.71. The molecule has 1 amide bonds. The van der Waals surface area contributed by atoms with E-state index in [4.69, 9.17) is 4.74 Å². The molecule has 100 valence electrons. The predicted octanol–water partition coefficient (Wildman–Crippen LogP) is 2.43. The van der Waals surface area contributed by atoms with Gasteiger partial charge in [0.25, 0.3) is 0 Å². The van der Waals surface area contributed by atoms with Gasteiger partial charge in [0.15, 0.2) is 0 Å². The number of nitrogens with one attached hydrogen (secondary N) is 2. The van der Waals surface area contributed by atoms with Crippen LogP contribution in [0.2, 0.25) is 0 Å². The van der Waals surface area contributed by atoms with Gasteiger partial charge in [-0.05, 0) is 47.5 Å². The third kappa shape index (κ3) is 5.39. The molecule has 2 N–H and O–H groups in total. The van der Waals surface area contributed by atoms with Crippen LogP contribution in [0.25, 0.3) is 0 Å². The zero-order valence-corrected chi connectivity index (χ0v) is 11.7. The normalized spacial score (nSPS) is 20.3. The summed E-state index contributed by atoms with van der Waals surface area (Å²) in [5.41, 5.74) is -0.436. The van der Waals surface area contributed by atoms with Crippen molar-refractivity contribution in [3.63, 3.8) is 0 Å². The van der Waals surface area contributed by atoms with E-state index in [1.165, 1.54) is 19.3 Å². The molecular weight excluding hydrogens is 216 g/mol. The van der Waals surface area contributed by atoms with Gasteiger partial charge in [-0.15, -0.1) is 0 Å². The summed E-state index contributed by atoms with van der Waals surface area (Å²) in [5, 5.41) is 6.38. The van der Waals surface area contributed by atoms with Crippen molar-refractivity contribution in [1.82, 2.24) is 10.6 Å². The van der Waals surface area contributed by atoms with Gasteiger partial charge < -0.3 is 15.4 Å². The van der Waals surface area contributed by atoms with Crippen LogP contribution in [0.4, 0.5) is 4.79 Å². The molecule has 0 aliphatic heterocycles. The Bertz CT molecular complexity index is 257. The van der Waals surface area contributed by atoms with Crippen molar-refractivity contribution in [2.75, 3.05) is 0 Å². The Balaban J connectivity index is 2.26. The highest BCUT2D eigenvalue weighted by Crippen LogP contribution is 2.19. The average Bonchev–Trinajstić information content (AvgIpc) is 2.07. The molecule has 4 nitrogen and oxygen atoms in total. The van der Waals surface area contributed by atoms with Crippen LogP contribution < -0.4 is 10.6 Å². The summed E-state index contributed by atoms with van der Waals surface area (Å²) < 4.78 is 5.23. The molecule has 17 heavy (non-hydrogen) atoms. The van der Waals surface area contributed by atoms with Crippen LogP contribution in [0.15, 0.2) is 0 Å². The Morgan fingerprint density at radius 1 is 1.24 bits per heavy atom. The number of hydrogen-bond acceptors (Lipinski definition) is 3. The lowest BCUT2D eigenvalue weighted by Gasteiger charge is -2.33.